The van der Waals surface area contributed by atoms with Gasteiger partial charge in [0.2, 0.25) is 0 Å². The fraction of sp³-hybridized carbons (Fsp3) is 0.125. The monoisotopic (exact) mass is 246 g/mol. The van der Waals surface area contributed by atoms with E-state index in [2.05, 4.69) is 0 Å². The van der Waals surface area contributed by atoms with Gasteiger partial charge < -0.3 is 4.74 Å². The predicted octanol–water partition coefficient (Wildman–Crippen LogP) is 0.376. The number of hydrogen-bond acceptors (Lipinski definition) is 2. The Labute approximate surface area is 126 Å². The summed E-state index contributed by atoms with van der Waals surface area (Å²) < 4.78 is 5.09. The van der Waals surface area contributed by atoms with Gasteiger partial charge in [-0.15, -0.1) is 12.1 Å². The van der Waals surface area contributed by atoms with Gasteiger partial charge in [0.15, 0.2) is 0 Å². The second kappa shape index (κ2) is 8.47. The summed E-state index contributed by atoms with van der Waals surface area (Å²) in [5, 5.41) is 0. The number of aryl methyl sites for hydroxylation is 1. The van der Waals surface area contributed by atoms with Gasteiger partial charge in [0.1, 0.15) is 0 Å². The summed E-state index contributed by atoms with van der Waals surface area (Å²) in [6.07, 6.45) is 1.11. The molecule has 2 nitrogen and oxygen atoms in total. The van der Waals surface area contributed by atoms with E-state index in [1.165, 1.54) is 6.61 Å². The Balaban J connectivity index is 0.00000180. The van der Waals surface area contributed by atoms with Crippen molar-refractivity contribution in [2.45, 2.75) is 12.8 Å². The van der Waals surface area contributed by atoms with Crippen molar-refractivity contribution in [3.63, 3.8) is 0 Å². The van der Waals surface area contributed by atoms with Gasteiger partial charge in [0.05, 0.1) is 0 Å². The molecular formula is C16H15LiO2. The van der Waals surface area contributed by atoms with Crippen molar-refractivity contribution < 1.29 is 28.4 Å². The van der Waals surface area contributed by atoms with E-state index in [9.17, 15) is 4.79 Å². The van der Waals surface area contributed by atoms with Crippen LogP contribution in [0.1, 0.15) is 17.5 Å². The summed E-state index contributed by atoms with van der Waals surface area (Å²) in [6.45, 7) is 1.49. The van der Waals surface area contributed by atoms with Gasteiger partial charge in [-0.05, 0) is 18.6 Å². The van der Waals surface area contributed by atoms with Crippen LogP contribution in [0.3, 0.4) is 0 Å². The van der Waals surface area contributed by atoms with Crippen LogP contribution < -0.4 is 18.9 Å². The van der Waals surface area contributed by atoms with Gasteiger partial charge >= 0.3 is 18.9 Å². The molecule has 0 aliphatic rings. The largest absolute Gasteiger partial charge is 1.00 e. The molecule has 0 aliphatic heterocycles. The van der Waals surface area contributed by atoms with E-state index in [-0.39, 0.29) is 24.8 Å². The summed E-state index contributed by atoms with van der Waals surface area (Å²) in [5.74, 6) is -0.206. The van der Waals surface area contributed by atoms with E-state index < -0.39 is 0 Å². The number of benzene rings is 2. The summed E-state index contributed by atoms with van der Waals surface area (Å²) >= 11 is 0. The van der Waals surface area contributed by atoms with Gasteiger partial charge in [0.25, 0.3) is 5.97 Å². The SMILES string of the molecule is O=C(CCc1ccccc1)O[CH-]c1ccccc1.[Li+]. The number of rotatable bonds is 5. The third-order valence-electron chi connectivity index (χ3n) is 2.59. The molecule has 0 bridgehead atoms. The average molecular weight is 246 g/mol. The molecule has 0 aromatic heterocycles. The number of ether oxygens (including phenoxy) is 1. The average Bonchev–Trinajstić information content (AvgIpc) is 2.45. The van der Waals surface area contributed by atoms with Crippen molar-refractivity contribution in [3.8, 4) is 0 Å². The maximum atomic E-state index is 11.5. The van der Waals surface area contributed by atoms with Crippen LogP contribution in [0.15, 0.2) is 60.7 Å². The van der Waals surface area contributed by atoms with Gasteiger partial charge in [-0.3, -0.25) is 4.79 Å². The van der Waals surface area contributed by atoms with Crippen molar-refractivity contribution in [2.24, 2.45) is 0 Å². The maximum Gasteiger partial charge on any atom is 1.00 e. The van der Waals surface area contributed by atoms with Gasteiger partial charge in [-0.1, -0.05) is 36.4 Å². The van der Waals surface area contributed by atoms with E-state index in [0.717, 1.165) is 11.1 Å². The first kappa shape index (κ1) is 15.4. The zero-order valence-electron chi connectivity index (χ0n) is 11.1. The zero-order valence-corrected chi connectivity index (χ0v) is 11.1. The molecule has 19 heavy (non-hydrogen) atoms. The summed E-state index contributed by atoms with van der Waals surface area (Å²) in [4.78, 5) is 11.5. The van der Waals surface area contributed by atoms with Crippen LogP contribution in [0.25, 0.3) is 0 Å². The smallest absolute Gasteiger partial charge is 0.498 e. The first-order valence-electron chi connectivity index (χ1n) is 5.96. The number of carbonyl (C=O) groups is 1. The van der Waals surface area contributed by atoms with Crippen LogP contribution in [-0.4, -0.2) is 5.97 Å². The topological polar surface area (TPSA) is 26.3 Å². The van der Waals surface area contributed by atoms with Crippen molar-refractivity contribution in [1.29, 1.82) is 0 Å². The van der Waals surface area contributed by atoms with E-state index in [1.807, 2.05) is 60.7 Å². The predicted molar refractivity (Wildman–Crippen MR) is 70.7 cm³/mol. The fourth-order valence-electron chi connectivity index (χ4n) is 1.62. The molecule has 0 saturated heterocycles. The Hall–Kier alpha value is -1.62. The van der Waals surface area contributed by atoms with Crippen molar-refractivity contribution >= 4 is 5.97 Å². The third kappa shape index (κ3) is 5.70. The minimum Gasteiger partial charge on any atom is -0.498 e. The molecule has 92 valence electrons. The van der Waals surface area contributed by atoms with Crippen LogP contribution in [0.4, 0.5) is 0 Å². The van der Waals surface area contributed by atoms with Gasteiger partial charge in [-0.25, -0.2) is 0 Å². The molecule has 2 aromatic rings. The van der Waals surface area contributed by atoms with Crippen LogP contribution in [-0.2, 0) is 16.0 Å². The maximum absolute atomic E-state index is 11.5. The normalized spacial score (nSPS) is 9.26. The molecule has 0 amide bonds. The molecule has 2 rings (SSSR count). The van der Waals surface area contributed by atoms with Crippen molar-refractivity contribution in [1.82, 2.24) is 0 Å². The summed E-state index contributed by atoms with van der Waals surface area (Å²) in [6, 6.07) is 19.4. The molecule has 0 radical (unpaired) electrons. The van der Waals surface area contributed by atoms with E-state index in [0.29, 0.717) is 12.8 Å². The minimum atomic E-state index is -0.206. The van der Waals surface area contributed by atoms with Crippen LogP contribution in [0.2, 0.25) is 0 Å². The molecule has 0 N–H and O–H groups in total. The first-order chi connectivity index (χ1) is 8.84. The molecule has 0 atom stereocenters. The Bertz CT molecular complexity index is 437. The van der Waals surface area contributed by atoms with E-state index in [1.54, 1.807) is 0 Å². The Morgan fingerprint density at radius 1 is 0.947 bits per heavy atom. The molecule has 0 aliphatic carbocycles. The quantitative estimate of drug-likeness (QED) is 0.433. The third-order valence-corrected chi connectivity index (χ3v) is 2.59. The van der Waals surface area contributed by atoms with Crippen LogP contribution >= 0.6 is 0 Å². The molecule has 2 aromatic carbocycles. The Morgan fingerprint density at radius 3 is 2.16 bits per heavy atom. The zero-order chi connectivity index (χ0) is 12.6. The standard InChI is InChI=1S/C16H15O2.Li/c17-16(12-11-14-7-3-1-4-8-14)18-13-15-9-5-2-6-10-15;/h1-10,13H,11-12H2;/q-1;+1. The van der Waals surface area contributed by atoms with E-state index >= 15 is 0 Å². The molecule has 0 fully saturated rings. The van der Waals surface area contributed by atoms with Crippen molar-refractivity contribution in [3.05, 3.63) is 78.4 Å². The van der Waals surface area contributed by atoms with E-state index in [4.69, 9.17) is 4.74 Å². The number of hydrogen-bond donors (Lipinski definition) is 0. The second-order valence-corrected chi connectivity index (χ2v) is 4.00. The molecule has 0 spiro atoms. The fourth-order valence-corrected chi connectivity index (χ4v) is 1.62. The molecule has 0 saturated carbocycles. The summed E-state index contributed by atoms with van der Waals surface area (Å²) in [7, 11) is 0. The van der Waals surface area contributed by atoms with Crippen LogP contribution in [0.5, 0.6) is 0 Å². The van der Waals surface area contributed by atoms with Gasteiger partial charge in [0, 0.05) is 6.42 Å². The first-order valence-corrected chi connectivity index (χ1v) is 5.96. The molecule has 0 heterocycles. The molecule has 3 heteroatoms. The van der Waals surface area contributed by atoms with Gasteiger partial charge in [-0.2, -0.15) is 17.7 Å². The number of esters is 1. The van der Waals surface area contributed by atoms with Crippen LogP contribution in [0, 0.1) is 6.61 Å². The Morgan fingerprint density at radius 2 is 1.53 bits per heavy atom. The van der Waals surface area contributed by atoms with Crippen molar-refractivity contribution in [2.75, 3.05) is 0 Å². The Kier molecular flexibility index (Phi) is 6.88. The second-order valence-electron chi connectivity index (χ2n) is 4.00. The minimum absolute atomic E-state index is 0. The molecule has 0 unspecified atom stereocenters. The molecular weight excluding hydrogens is 231 g/mol. The number of carbonyl (C=O) groups excluding carboxylic acids is 1. The summed E-state index contributed by atoms with van der Waals surface area (Å²) in [5.41, 5.74) is 2.04.